The summed E-state index contributed by atoms with van der Waals surface area (Å²) >= 11 is 0. The fraction of sp³-hybridized carbons (Fsp3) is 0.0909. The second-order valence-electron chi connectivity index (χ2n) is 9.35. The minimum absolute atomic E-state index is 0.0614. The predicted molar refractivity (Wildman–Crippen MR) is 160 cm³/mol. The zero-order valence-electron chi connectivity index (χ0n) is 22.3. The fourth-order valence-corrected chi connectivity index (χ4v) is 6.17. The second-order valence-corrected chi connectivity index (χ2v) is 10.9. The van der Waals surface area contributed by atoms with Crippen molar-refractivity contribution in [3.05, 3.63) is 160 Å². The average molecular weight is 565 g/mol. The minimum Gasteiger partial charge on any atom is -0.368 e. The van der Waals surface area contributed by atoms with E-state index in [0.717, 1.165) is 16.7 Å². The summed E-state index contributed by atoms with van der Waals surface area (Å²) in [7, 11) is -4.15. The third-order valence-electron chi connectivity index (χ3n) is 6.84. The van der Waals surface area contributed by atoms with Gasteiger partial charge in [-0.25, -0.2) is 0 Å². The van der Waals surface area contributed by atoms with Crippen molar-refractivity contribution >= 4 is 21.5 Å². The number of nitrogens with zero attached hydrogens (tertiary/aromatic N) is 1. The molecule has 5 aromatic rings. The lowest BCUT2D eigenvalue weighted by molar-refractivity contribution is -0.384. The van der Waals surface area contributed by atoms with E-state index in [9.17, 15) is 18.5 Å². The molecule has 5 aromatic carbocycles. The molecule has 0 amide bonds. The number of nitrogens with one attached hydrogen (secondary N) is 1. The van der Waals surface area contributed by atoms with Crippen molar-refractivity contribution in [2.45, 2.75) is 17.4 Å². The summed E-state index contributed by atoms with van der Waals surface area (Å²) in [5.41, 5.74) is 3.31. The molecular formula is C33H28N2O5S. The van der Waals surface area contributed by atoms with Crippen LogP contribution in [-0.4, -0.2) is 19.9 Å². The van der Waals surface area contributed by atoms with E-state index in [0.29, 0.717) is 11.3 Å². The maximum Gasteiger partial charge on any atom is 0.297 e. The number of nitro groups is 1. The molecule has 1 N–H and O–H groups in total. The Kier molecular flexibility index (Phi) is 7.96. The van der Waals surface area contributed by atoms with Crippen LogP contribution in [-0.2, 0) is 19.8 Å². The van der Waals surface area contributed by atoms with Crippen molar-refractivity contribution in [3.8, 4) is 11.1 Å². The van der Waals surface area contributed by atoms with E-state index >= 15 is 0 Å². The standard InChI is InChI=1S/C33H28N2O5S/c1-2-40-41(38,39)32-22-21-30(35(36)37)24-31(32)25-13-12-20-29(23-25)34-33(26-14-6-3-7-15-26,27-16-8-4-9-17-27)28-18-10-5-11-19-28/h3-24,34H,2H2,1H3. The van der Waals surface area contributed by atoms with Gasteiger partial charge in [-0.1, -0.05) is 103 Å². The van der Waals surface area contributed by atoms with Crippen LogP contribution < -0.4 is 5.32 Å². The van der Waals surface area contributed by atoms with E-state index in [4.69, 9.17) is 4.18 Å². The van der Waals surface area contributed by atoms with Crippen molar-refractivity contribution in [2.24, 2.45) is 0 Å². The molecule has 8 heteroatoms. The van der Waals surface area contributed by atoms with Gasteiger partial charge < -0.3 is 5.32 Å². The van der Waals surface area contributed by atoms with Crippen LogP contribution in [0.4, 0.5) is 11.4 Å². The van der Waals surface area contributed by atoms with Crippen LogP contribution in [0, 0.1) is 10.1 Å². The molecule has 0 heterocycles. The highest BCUT2D eigenvalue weighted by Gasteiger charge is 2.36. The molecule has 0 fully saturated rings. The smallest absolute Gasteiger partial charge is 0.297 e. The first-order valence-electron chi connectivity index (χ1n) is 13.1. The summed E-state index contributed by atoms with van der Waals surface area (Å²) in [6.07, 6.45) is 0. The number of rotatable bonds is 10. The quantitative estimate of drug-likeness (QED) is 0.0822. The Balaban J connectivity index is 1.72. The molecule has 0 aromatic heterocycles. The van der Waals surface area contributed by atoms with E-state index in [1.807, 2.05) is 60.7 Å². The second kappa shape index (κ2) is 11.8. The summed E-state index contributed by atoms with van der Waals surface area (Å²) in [5.74, 6) is 0. The zero-order valence-corrected chi connectivity index (χ0v) is 23.1. The Morgan fingerprint density at radius 2 is 1.27 bits per heavy atom. The molecule has 0 aliphatic rings. The van der Waals surface area contributed by atoms with Crippen LogP contribution in [0.2, 0.25) is 0 Å². The molecule has 0 radical (unpaired) electrons. The molecule has 0 unspecified atom stereocenters. The molecule has 206 valence electrons. The largest absolute Gasteiger partial charge is 0.368 e. The third kappa shape index (κ3) is 5.61. The van der Waals surface area contributed by atoms with Crippen LogP contribution in [0.5, 0.6) is 0 Å². The lowest BCUT2D eigenvalue weighted by Gasteiger charge is -2.38. The SMILES string of the molecule is CCOS(=O)(=O)c1ccc([N+](=O)[O-])cc1-c1cccc(NC(c2ccccc2)(c2ccccc2)c2ccccc2)c1. The summed E-state index contributed by atoms with van der Waals surface area (Å²) in [6.45, 7) is 1.51. The molecule has 0 atom stereocenters. The Morgan fingerprint density at radius 1 is 0.732 bits per heavy atom. The van der Waals surface area contributed by atoms with Crippen molar-refractivity contribution in [1.82, 2.24) is 0 Å². The van der Waals surface area contributed by atoms with E-state index in [2.05, 4.69) is 41.7 Å². The first-order valence-corrected chi connectivity index (χ1v) is 14.5. The summed E-state index contributed by atoms with van der Waals surface area (Å²) in [5, 5.41) is 15.4. The van der Waals surface area contributed by atoms with Gasteiger partial charge >= 0.3 is 0 Å². The fourth-order valence-electron chi connectivity index (χ4n) is 5.06. The summed E-state index contributed by atoms with van der Waals surface area (Å²) < 4.78 is 31.0. The normalized spacial score (nSPS) is 11.6. The Morgan fingerprint density at radius 3 is 1.76 bits per heavy atom. The molecule has 41 heavy (non-hydrogen) atoms. The van der Waals surface area contributed by atoms with E-state index in [1.54, 1.807) is 25.1 Å². The molecule has 0 aliphatic heterocycles. The van der Waals surface area contributed by atoms with Gasteiger partial charge in [-0.15, -0.1) is 0 Å². The molecule has 0 saturated heterocycles. The van der Waals surface area contributed by atoms with Gasteiger partial charge in [0.2, 0.25) is 0 Å². The van der Waals surface area contributed by atoms with Crippen molar-refractivity contribution < 1.29 is 17.5 Å². The van der Waals surface area contributed by atoms with Gasteiger partial charge in [0.15, 0.2) is 0 Å². The predicted octanol–water partition coefficient (Wildman–Crippen LogP) is 7.39. The average Bonchev–Trinajstić information content (AvgIpc) is 3.01. The first kappa shape index (κ1) is 27.8. The van der Waals surface area contributed by atoms with Crippen LogP contribution in [0.1, 0.15) is 23.6 Å². The number of hydrogen-bond donors (Lipinski definition) is 1. The molecule has 5 rings (SSSR count). The highest BCUT2D eigenvalue weighted by atomic mass is 32.2. The maximum absolute atomic E-state index is 13.0. The van der Waals surface area contributed by atoms with Gasteiger partial charge in [0.25, 0.3) is 15.8 Å². The lowest BCUT2D eigenvalue weighted by Crippen LogP contribution is -2.38. The number of anilines is 1. The molecule has 0 saturated carbocycles. The first-order chi connectivity index (χ1) is 19.8. The third-order valence-corrected chi connectivity index (χ3v) is 8.28. The highest BCUT2D eigenvalue weighted by molar-refractivity contribution is 7.87. The van der Waals surface area contributed by atoms with Crippen LogP contribution in [0.25, 0.3) is 11.1 Å². The van der Waals surface area contributed by atoms with Gasteiger partial charge in [0.05, 0.1) is 11.5 Å². The summed E-state index contributed by atoms with van der Waals surface area (Å²) in [4.78, 5) is 10.9. The number of nitro benzene ring substituents is 1. The van der Waals surface area contributed by atoms with Crippen molar-refractivity contribution in [3.63, 3.8) is 0 Å². The van der Waals surface area contributed by atoms with E-state index in [1.165, 1.54) is 18.2 Å². The van der Waals surface area contributed by atoms with Crippen molar-refractivity contribution in [1.29, 1.82) is 0 Å². The molecular weight excluding hydrogens is 536 g/mol. The molecule has 0 aliphatic carbocycles. The molecule has 0 bridgehead atoms. The minimum atomic E-state index is -4.15. The van der Waals surface area contributed by atoms with Crippen molar-refractivity contribution in [2.75, 3.05) is 11.9 Å². The Bertz CT molecular complexity index is 1660. The van der Waals surface area contributed by atoms with Gasteiger partial charge in [0, 0.05) is 23.4 Å². The van der Waals surface area contributed by atoms with Gasteiger partial charge in [0.1, 0.15) is 10.4 Å². The number of benzene rings is 5. The topological polar surface area (TPSA) is 98.5 Å². The zero-order chi connectivity index (χ0) is 28.9. The van der Waals surface area contributed by atoms with Crippen LogP contribution in [0.3, 0.4) is 0 Å². The summed E-state index contributed by atoms with van der Waals surface area (Å²) in [6, 6.07) is 41.1. The monoisotopic (exact) mass is 564 g/mol. The van der Waals surface area contributed by atoms with E-state index < -0.39 is 20.6 Å². The lowest BCUT2D eigenvalue weighted by atomic mass is 9.76. The number of hydrogen-bond acceptors (Lipinski definition) is 6. The molecule has 7 nitrogen and oxygen atoms in total. The number of non-ortho nitro benzene ring substituents is 1. The van der Waals surface area contributed by atoms with E-state index in [-0.39, 0.29) is 22.8 Å². The van der Waals surface area contributed by atoms with Gasteiger partial charge in [-0.2, -0.15) is 8.42 Å². The van der Waals surface area contributed by atoms with Crippen LogP contribution >= 0.6 is 0 Å². The Labute approximate surface area is 239 Å². The van der Waals surface area contributed by atoms with Crippen LogP contribution in [0.15, 0.2) is 138 Å². The van der Waals surface area contributed by atoms with Gasteiger partial charge in [-0.3, -0.25) is 14.3 Å². The highest BCUT2D eigenvalue weighted by Crippen LogP contribution is 2.41. The Hall–Kier alpha value is -4.79. The maximum atomic E-state index is 13.0. The van der Waals surface area contributed by atoms with Gasteiger partial charge in [-0.05, 0) is 47.4 Å². The molecule has 0 spiro atoms.